The van der Waals surface area contributed by atoms with E-state index in [-0.39, 0.29) is 21.9 Å². The summed E-state index contributed by atoms with van der Waals surface area (Å²) in [7, 11) is 0. The SMILES string of the molecule is CC(C)OC(=O)N1C=C2C(=O)c3cc(Cl)ccc3OC2N(C(=O)OC(C)C)N(C(=O)OC(C)C)N1C(=O)OC(C)C. The maximum Gasteiger partial charge on any atom is 0.451 e. The number of ketones is 1. The van der Waals surface area contributed by atoms with Gasteiger partial charge in [0.2, 0.25) is 6.23 Å². The molecule has 0 fully saturated rings. The van der Waals surface area contributed by atoms with Crippen LogP contribution in [0.25, 0.3) is 0 Å². The van der Waals surface area contributed by atoms with Crippen molar-refractivity contribution in [3.8, 4) is 5.75 Å². The Morgan fingerprint density at radius 3 is 1.78 bits per heavy atom. The van der Waals surface area contributed by atoms with Crippen molar-refractivity contribution in [1.82, 2.24) is 20.3 Å². The summed E-state index contributed by atoms with van der Waals surface area (Å²) in [5.74, 6) is -0.713. The van der Waals surface area contributed by atoms with Gasteiger partial charge in [0, 0.05) is 11.2 Å². The average Bonchev–Trinajstić information content (AvgIpc) is 2.98. The van der Waals surface area contributed by atoms with Crippen LogP contribution in [0.5, 0.6) is 5.75 Å². The molecule has 3 rings (SSSR count). The third kappa shape index (κ3) is 6.93. The Kier molecular flexibility index (Phi) is 9.58. The highest BCUT2D eigenvalue weighted by Gasteiger charge is 2.53. The largest absolute Gasteiger partial charge is 0.463 e. The smallest absolute Gasteiger partial charge is 0.451 e. The van der Waals surface area contributed by atoms with E-state index in [0.717, 1.165) is 6.20 Å². The lowest BCUT2D eigenvalue weighted by atomic mass is 9.98. The van der Waals surface area contributed by atoms with E-state index in [1.807, 2.05) is 0 Å². The van der Waals surface area contributed by atoms with E-state index in [1.54, 1.807) is 27.7 Å². The van der Waals surface area contributed by atoms with Gasteiger partial charge in [-0.1, -0.05) is 21.8 Å². The fourth-order valence-electron chi connectivity index (χ4n) is 3.65. The molecule has 1 unspecified atom stereocenters. The Morgan fingerprint density at radius 1 is 0.756 bits per heavy atom. The number of hydrogen-bond acceptors (Lipinski definition) is 10. The van der Waals surface area contributed by atoms with E-state index in [2.05, 4.69) is 0 Å². The van der Waals surface area contributed by atoms with Crippen molar-refractivity contribution in [3.63, 3.8) is 0 Å². The molecule has 0 radical (unpaired) electrons. The number of hydrogen-bond donors (Lipinski definition) is 0. The number of halogens is 1. The molecular weight excluding hydrogens is 564 g/mol. The Bertz CT molecular complexity index is 1250. The predicted molar refractivity (Wildman–Crippen MR) is 142 cm³/mol. The second-order valence-electron chi connectivity index (χ2n) is 10.0. The molecule has 1 atom stereocenters. The molecule has 15 heteroatoms. The van der Waals surface area contributed by atoms with Gasteiger partial charge < -0.3 is 23.7 Å². The molecule has 2 aliphatic rings. The number of benzene rings is 1. The van der Waals surface area contributed by atoms with Crippen molar-refractivity contribution in [1.29, 1.82) is 0 Å². The van der Waals surface area contributed by atoms with Crippen molar-refractivity contribution in [3.05, 3.63) is 40.6 Å². The summed E-state index contributed by atoms with van der Waals surface area (Å²) in [6, 6.07) is 4.19. The summed E-state index contributed by atoms with van der Waals surface area (Å²) < 4.78 is 27.4. The lowest BCUT2D eigenvalue weighted by Crippen LogP contribution is -2.67. The molecule has 41 heavy (non-hydrogen) atoms. The zero-order valence-electron chi connectivity index (χ0n) is 23.9. The molecule has 224 valence electrons. The maximum atomic E-state index is 13.8. The van der Waals surface area contributed by atoms with Crippen molar-refractivity contribution in [2.45, 2.75) is 86.0 Å². The standard InChI is InChI=1S/C26H33ClN4O10/c1-13(2)37-23(33)28-12-19-21(32)18-11-17(27)9-10-20(18)41-22(19)29(24(34)38-14(3)4)31(26(36)40-16(7)8)30(28)25(35)39-15(5)6/h9-16,22H,1-8H3. The highest BCUT2D eigenvalue weighted by molar-refractivity contribution is 6.31. The zero-order valence-corrected chi connectivity index (χ0v) is 24.7. The highest BCUT2D eigenvalue weighted by atomic mass is 35.5. The van der Waals surface area contributed by atoms with Gasteiger partial charge in [-0.3, -0.25) is 4.79 Å². The van der Waals surface area contributed by atoms with E-state index < -0.39 is 60.8 Å². The third-order valence-electron chi connectivity index (χ3n) is 5.07. The highest BCUT2D eigenvalue weighted by Crippen LogP contribution is 2.37. The number of carbonyl (C=O) groups excluding carboxylic acids is 5. The molecule has 0 bridgehead atoms. The Morgan fingerprint density at radius 2 is 1.24 bits per heavy atom. The number of rotatable bonds is 4. The molecule has 0 N–H and O–H groups in total. The van der Waals surface area contributed by atoms with Crippen LogP contribution in [0, 0.1) is 0 Å². The first-order valence-corrected chi connectivity index (χ1v) is 13.2. The third-order valence-corrected chi connectivity index (χ3v) is 5.31. The molecule has 0 aliphatic carbocycles. The van der Waals surface area contributed by atoms with Crippen LogP contribution in [-0.2, 0) is 18.9 Å². The normalized spacial score (nSPS) is 16.7. The van der Waals surface area contributed by atoms with Crippen molar-refractivity contribution in [2.75, 3.05) is 0 Å². The summed E-state index contributed by atoms with van der Waals surface area (Å²) in [6.07, 6.45) is -8.74. The molecule has 2 aliphatic heterocycles. The Hall–Kier alpha value is -4.20. The topological polar surface area (TPSA) is 144 Å². The first kappa shape index (κ1) is 31.3. The first-order valence-electron chi connectivity index (χ1n) is 12.9. The maximum absolute atomic E-state index is 13.8. The van der Waals surface area contributed by atoms with Crippen molar-refractivity contribution >= 4 is 41.8 Å². The van der Waals surface area contributed by atoms with Crippen LogP contribution in [0.4, 0.5) is 19.2 Å². The predicted octanol–water partition coefficient (Wildman–Crippen LogP) is 5.27. The number of carbonyl (C=O) groups is 5. The minimum Gasteiger partial charge on any atom is -0.463 e. The number of amides is 4. The van der Waals surface area contributed by atoms with E-state index >= 15 is 0 Å². The molecule has 0 aromatic heterocycles. The van der Waals surface area contributed by atoms with Gasteiger partial charge in [0.15, 0.2) is 5.78 Å². The van der Waals surface area contributed by atoms with E-state index in [9.17, 15) is 24.0 Å². The van der Waals surface area contributed by atoms with Gasteiger partial charge in [-0.2, -0.15) is 5.01 Å². The molecule has 2 heterocycles. The molecule has 1 aromatic carbocycles. The summed E-state index contributed by atoms with van der Waals surface area (Å²) in [5, 5.41) is 2.03. The number of nitrogens with zero attached hydrogens (tertiary/aromatic N) is 4. The summed E-state index contributed by atoms with van der Waals surface area (Å²) >= 11 is 6.11. The summed E-state index contributed by atoms with van der Waals surface area (Å²) in [5.41, 5.74) is -0.341. The minimum atomic E-state index is -1.73. The quantitative estimate of drug-likeness (QED) is 0.421. The molecular formula is C26H33ClN4O10. The van der Waals surface area contributed by atoms with E-state index in [1.165, 1.54) is 45.9 Å². The monoisotopic (exact) mass is 596 g/mol. The second kappa shape index (κ2) is 12.5. The fraction of sp³-hybridized carbons (Fsp3) is 0.500. The van der Waals surface area contributed by atoms with Gasteiger partial charge in [0.25, 0.3) is 0 Å². The van der Waals surface area contributed by atoms with Crippen LogP contribution in [0.1, 0.15) is 65.7 Å². The lowest BCUT2D eigenvalue weighted by molar-refractivity contribution is -0.218. The van der Waals surface area contributed by atoms with Gasteiger partial charge in [0.05, 0.1) is 35.6 Å². The van der Waals surface area contributed by atoms with Gasteiger partial charge in [-0.05, 0) is 73.6 Å². The molecule has 0 spiro atoms. The van der Waals surface area contributed by atoms with Gasteiger partial charge in [-0.15, -0.1) is 5.01 Å². The zero-order chi connectivity index (χ0) is 30.8. The summed E-state index contributed by atoms with van der Waals surface area (Å²) in [6.45, 7) is 12.3. The van der Waals surface area contributed by atoms with Gasteiger partial charge >= 0.3 is 24.4 Å². The first-order chi connectivity index (χ1) is 19.1. The molecule has 4 amide bonds. The number of ether oxygens (including phenoxy) is 5. The minimum absolute atomic E-state index is 0.00358. The molecule has 1 aromatic rings. The van der Waals surface area contributed by atoms with Crippen LogP contribution in [0.2, 0.25) is 5.02 Å². The van der Waals surface area contributed by atoms with Crippen LogP contribution in [0.3, 0.4) is 0 Å². The van der Waals surface area contributed by atoms with Crippen LogP contribution in [-0.4, -0.2) is 81.1 Å². The lowest BCUT2D eigenvalue weighted by Gasteiger charge is -2.42. The van der Waals surface area contributed by atoms with Gasteiger partial charge in [0.1, 0.15) is 5.75 Å². The van der Waals surface area contributed by atoms with E-state index in [4.69, 9.17) is 35.3 Å². The van der Waals surface area contributed by atoms with Crippen LogP contribution in [0.15, 0.2) is 30.0 Å². The Balaban J connectivity index is 2.37. The molecule has 0 saturated carbocycles. The number of fused-ring (bicyclic) bond motifs is 2. The second-order valence-corrected chi connectivity index (χ2v) is 10.5. The average molecular weight is 597 g/mol. The summed E-state index contributed by atoms with van der Waals surface area (Å²) in [4.78, 5) is 68.1. The number of Topliss-reactive ketones (excluding diaryl/α,β-unsaturated/α-hetero) is 1. The van der Waals surface area contributed by atoms with Crippen molar-refractivity contribution < 1.29 is 47.7 Å². The Labute approximate surface area is 242 Å². The van der Waals surface area contributed by atoms with Crippen molar-refractivity contribution in [2.24, 2.45) is 0 Å². The van der Waals surface area contributed by atoms with Gasteiger partial charge in [-0.25, -0.2) is 19.2 Å². The molecule has 14 nitrogen and oxygen atoms in total. The molecule has 0 saturated heterocycles. The number of hydrazine groups is 3. The fourth-order valence-corrected chi connectivity index (χ4v) is 3.82. The van der Waals surface area contributed by atoms with Crippen LogP contribution >= 0.6 is 11.6 Å². The van der Waals surface area contributed by atoms with E-state index in [0.29, 0.717) is 20.3 Å². The van der Waals surface area contributed by atoms with Crippen LogP contribution < -0.4 is 4.74 Å².